The largest absolute Gasteiger partial charge is 0.496 e. The van der Waals surface area contributed by atoms with E-state index in [1.54, 1.807) is 14.0 Å². The van der Waals surface area contributed by atoms with E-state index in [2.05, 4.69) is 0 Å². The summed E-state index contributed by atoms with van der Waals surface area (Å²) in [5.74, 6) is -0.359. The molecule has 0 aliphatic carbocycles. The number of methoxy groups -OCH3 is 1. The summed E-state index contributed by atoms with van der Waals surface area (Å²) in [7, 11) is 1.62. The minimum absolute atomic E-state index is 0.00815. The third-order valence-corrected chi connectivity index (χ3v) is 3.85. The van der Waals surface area contributed by atoms with Crippen LogP contribution in [0.1, 0.15) is 13.8 Å². The Morgan fingerprint density at radius 1 is 1.38 bits per heavy atom. The molecule has 0 aliphatic heterocycles. The van der Waals surface area contributed by atoms with Crippen LogP contribution in [0.3, 0.4) is 0 Å². The standard InChI is InChI=1S/C12H16O3S/c1-8(12(13)14)9(2)16-11-7-5-4-6-10(11)15-3/h4-9H,1-3H3,(H,13,14)/t8-,9?/m1/s1. The van der Waals surface area contributed by atoms with Crippen molar-refractivity contribution in [2.75, 3.05) is 7.11 Å². The highest BCUT2D eigenvalue weighted by atomic mass is 32.2. The number of carboxylic acids is 1. The van der Waals surface area contributed by atoms with Gasteiger partial charge in [0.1, 0.15) is 5.75 Å². The Labute approximate surface area is 99.8 Å². The maximum absolute atomic E-state index is 10.8. The van der Waals surface area contributed by atoms with Crippen LogP contribution in [-0.2, 0) is 4.79 Å². The summed E-state index contributed by atoms with van der Waals surface area (Å²) in [6.45, 7) is 3.63. The molecule has 0 aliphatic rings. The predicted octanol–water partition coefficient (Wildman–Crippen LogP) is 2.90. The highest BCUT2D eigenvalue weighted by Crippen LogP contribution is 2.34. The smallest absolute Gasteiger partial charge is 0.307 e. The van der Waals surface area contributed by atoms with Crippen molar-refractivity contribution in [1.82, 2.24) is 0 Å². The highest BCUT2D eigenvalue weighted by Gasteiger charge is 2.21. The molecule has 0 spiro atoms. The summed E-state index contributed by atoms with van der Waals surface area (Å²) < 4.78 is 5.22. The van der Waals surface area contributed by atoms with Gasteiger partial charge in [-0.3, -0.25) is 4.79 Å². The van der Waals surface area contributed by atoms with E-state index < -0.39 is 5.97 Å². The molecule has 1 aromatic rings. The summed E-state index contributed by atoms with van der Waals surface area (Å²) in [6.07, 6.45) is 0. The van der Waals surface area contributed by atoms with Crippen molar-refractivity contribution < 1.29 is 14.6 Å². The fourth-order valence-electron chi connectivity index (χ4n) is 1.22. The zero-order valence-electron chi connectivity index (χ0n) is 9.64. The number of ether oxygens (including phenoxy) is 1. The predicted molar refractivity (Wildman–Crippen MR) is 65.1 cm³/mol. The molecule has 0 radical (unpaired) electrons. The molecule has 88 valence electrons. The molecular weight excluding hydrogens is 224 g/mol. The van der Waals surface area contributed by atoms with Gasteiger partial charge in [-0.05, 0) is 12.1 Å². The van der Waals surface area contributed by atoms with Gasteiger partial charge in [-0.25, -0.2) is 0 Å². The molecule has 16 heavy (non-hydrogen) atoms. The van der Waals surface area contributed by atoms with E-state index in [9.17, 15) is 4.79 Å². The second-order valence-electron chi connectivity index (χ2n) is 3.60. The average molecular weight is 240 g/mol. The molecule has 4 heteroatoms. The number of aliphatic carboxylic acids is 1. The lowest BCUT2D eigenvalue weighted by atomic mass is 10.1. The highest BCUT2D eigenvalue weighted by molar-refractivity contribution is 8.00. The van der Waals surface area contributed by atoms with Crippen molar-refractivity contribution >= 4 is 17.7 Å². The molecule has 3 nitrogen and oxygen atoms in total. The second-order valence-corrected chi connectivity index (χ2v) is 5.02. The van der Waals surface area contributed by atoms with Crippen molar-refractivity contribution in [3.63, 3.8) is 0 Å². The quantitative estimate of drug-likeness (QED) is 0.804. The molecule has 0 saturated heterocycles. The van der Waals surface area contributed by atoms with Crippen molar-refractivity contribution in [1.29, 1.82) is 0 Å². The molecule has 0 saturated carbocycles. The lowest BCUT2D eigenvalue weighted by Crippen LogP contribution is -2.19. The maximum atomic E-state index is 10.8. The zero-order chi connectivity index (χ0) is 12.1. The lowest BCUT2D eigenvalue weighted by Gasteiger charge is -2.16. The van der Waals surface area contributed by atoms with E-state index in [-0.39, 0.29) is 11.2 Å². The van der Waals surface area contributed by atoms with Gasteiger partial charge < -0.3 is 9.84 Å². The van der Waals surface area contributed by atoms with E-state index in [1.807, 2.05) is 31.2 Å². The van der Waals surface area contributed by atoms with Crippen LogP contribution in [0, 0.1) is 5.92 Å². The van der Waals surface area contributed by atoms with Gasteiger partial charge in [-0.2, -0.15) is 0 Å². The molecule has 0 bridgehead atoms. The summed E-state index contributed by atoms with van der Waals surface area (Å²) in [4.78, 5) is 11.8. The number of hydrogen-bond acceptors (Lipinski definition) is 3. The number of para-hydroxylation sites is 1. The number of hydrogen-bond donors (Lipinski definition) is 1. The third kappa shape index (κ3) is 3.17. The van der Waals surface area contributed by atoms with Gasteiger partial charge >= 0.3 is 5.97 Å². The van der Waals surface area contributed by atoms with Gasteiger partial charge in [0.2, 0.25) is 0 Å². The zero-order valence-corrected chi connectivity index (χ0v) is 10.5. The van der Waals surface area contributed by atoms with Gasteiger partial charge in [-0.1, -0.05) is 26.0 Å². The second kappa shape index (κ2) is 5.80. The molecule has 1 N–H and O–H groups in total. The van der Waals surface area contributed by atoms with Crippen LogP contribution in [0.2, 0.25) is 0 Å². The number of carbonyl (C=O) groups is 1. The molecule has 1 unspecified atom stereocenters. The third-order valence-electron chi connectivity index (χ3n) is 2.48. The number of carboxylic acid groups (broad SMARTS) is 1. The minimum Gasteiger partial charge on any atom is -0.496 e. The van der Waals surface area contributed by atoms with Crippen molar-refractivity contribution in [2.45, 2.75) is 24.0 Å². The van der Waals surface area contributed by atoms with Crippen LogP contribution in [0.4, 0.5) is 0 Å². The van der Waals surface area contributed by atoms with Crippen LogP contribution in [-0.4, -0.2) is 23.4 Å². The summed E-state index contributed by atoms with van der Waals surface area (Å²) in [6, 6.07) is 7.63. The van der Waals surface area contributed by atoms with Gasteiger partial charge in [0.25, 0.3) is 0 Å². The number of rotatable bonds is 5. The molecule has 1 aromatic carbocycles. The topological polar surface area (TPSA) is 46.5 Å². The molecule has 0 heterocycles. The number of benzene rings is 1. The Morgan fingerprint density at radius 3 is 2.56 bits per heavy atom. The van der Waals surface area contributed by atoms with E-state index in [1.165, 1.54) is 11.8 Å². The van der Waals surface area contributed by atoms with Crippen LogP contribution >= 0.6 is 11.8 Å². The van der Waals surface area contributed by atoms with Crippen LogP contribution < -0.4 is 4.74 Å². The first-order chi connectivity index (χ1) is 7.56. The molecule has 2 atom stereocenters. The first-order valence-electron chi connectivity index (χ1n) is 5.08. The average Bonchev–Trinajstić information content (AvgIpc) is 2.28. The fraction of sp³-hybridized carbons (Fsp3) is 0.417. The molecular formula is C12H16O3S. The van der Waals surface area contributed by atoms with Gasteiger partial charge in [0, 0.05) is 10.1 Å². The maximum Gasteiger partial charge on any atom is 0.307 e. The summed E-state index contributed by atoms with van der Waals surface area (Å²) >= 11 is 1.53. The van der Waals surface area contributed by atoms with Crippen LogP contribution in [0.5, 0.6) is 5.75 Å². The van der Waals surface area contributed by atoms with Crippen molar-refractivity contribution in [2.24, 2.45) is 5.92 Å². The van der Waals surface area contributed by atoms with Gasteiger partial charge in [0.05, 0.1) is 13.0 Å². The van der Waals surface area contributed by atoms with E-state index >= 15 is 0 Å². The van der Waals surface area contributed by atoms with Gasteiger partial charge in [-0.15, -0.1) is 11.8 Å². The minimum atomic E-state index is -0.769. The van der Waals surface area contributed by atoms with Crippen molar-refractivity contribution in [3.05, 3.63) is 24.3 Å². The SMILES string of the molecule is COc1ccccc1SC(C)[C@@H](C)C(=O)O. The normalized spacial score (nSPS) is 14.2. The van der Waals surface area contributed by atoms with E-state index in [0.717, 1.165) is 10.6 Å². The first-order valence-corrected chi connectivity index (χ1v) is 5.96. The molecule has 0 fully saturated rings. The molecule has 0 amide bonds. The van der Waals surface area contributed by atoms with Gasteiger partial charge in [0.15, 0.2) is 0 Å². The number of thioether (sulfide) groups is 1. The van der Waals surface area contributed by atoms with Crippen LogP contribution in [0.15, 0.2) is 29.2 Å². The Bertz CT molecular complexity index is 365. The fourth-order valence-corrected chi connectivity index (χ4v) is 2.37. The molecule has 1 rings (SSSR count). The van der Waals surface area contributed by atoms with Crippen LogP contribution in [0.25, 0.3) is 0 Å². The Balaban J connectivity index is 2.76. The van der Waals surface area contributed by atoms with E-state index in [0.29, 0.717) is 0 Å². The summed E-state index contributed by atoms with van der Waals surface area (Å²) in [5, 5.41) is 8.92. The van der Waals surface area contributed by atoms with Crippen molar-refractivity contribution in [3.8, 4) is 5.75 Å². The molecule has 0 aromatic heterocycles. The lowest BCUT2D eigenvalue weighted by molar-refractivity contribution is -0.140. The first kappa shape index (κ1) is 12.9. The Hall–Kier alpha value is -1.16. The van der Waals surface area contributed by atoms with E-state index in [4.69, 9.17) is 9.84 Å². The summed E-state index contributed by atoms with van der Waals surface area (Å²) in [5.41, 5.74) is 0. The monoisotopic (exact) mass is 240 g/mol. The Morgan fingerprint density at radius 2 is 2.00 bits per heavy atom. The Kier molecular flexibility index (Phi) is 4.68.